The highest BCUT2D eigenvalue weighted by Gasteiger charge is 2.10. The third kappa shape index (κ3) is 4.28. The molecule has 0 radical (unpaired) electrons. The maximum atomic E-state index is 5.54. The Bertz CT molecular complexity index is 905. The van der Waals surface area contributed by atoms with Crippen LogP contribution in [0.5, 0.6) is 5.75 Å². The van der Waals surface area contributed by atoms with Crippen LogP contribution in [0, 0.1) is 5.92 Å². The Balaban J connectivity index is 2.06. The Hall–Kier alpha value is -2.60. The fraction of sp³-hybridized carbons (Fsp3) is 0.263. The summed E-state index contributed by atoms with van der Waals surface area (Å²) in [4.78, 5) is 5.50. The molecule has 5 nitrogen and oxygen atoms in total. The van der Waals surface area contributed by atoms with Gasteiger partial charge in [-0.3, -0.25) is 0 Å². The van der Waals surface area contributed by atoms with Crippen molar-refractivity contribution < 1.29 is 9.15 Å². The minimum atomic E-state index is 0.550. The number of nitrogens with zero attached hydrogens (tertiary/aromatic N) is 3. The van der Waals surface area contributed by atoms with Crippen LogP contribution in [-0.2, 0) is 0 Å². The van der Waals surface area contributed by atoms with E-state index >= 15 is 0 Å². The molecule has 0 amide bonds. The Labute approximate surface area is 150 Å². The molecule has 0 N–H and O–H groups in total. The maximum Gasteiger partial charge on any atom is 0.211 e. The van der Waals surface area contributed by atoms with E-state index in [9.17, 15) is 0 Å². The van der Waals surface area contributed by atoms with Crippen molar-refractivity contribution >= 4 is 23.2 Å². The van der Waals surface area contributed by atoms with E-state index in [4.69, 9.17) is 14.1 Å². The zero-order valence-corrected chi connectivity index (χ0v) is 15.4. The van der Waals surface area contributed by atoms with Gasteiger partial charge in [-0.1, -0.05) is 19.9 Å². The molecule has 3 rings (SSSR count). The average molecular weight is 355 g/mol. The number of rotatable bonds is 6. The predicted molar refractivity (Wildman–Crippen MR) is 102 cm³/mol. The van der Waals surface area contributed by atoms with E-state index in [1.54, 1.807) is 13.4 Å². The number of thiazole rings is 1. The van der Waals surface area contributed by atoms with Crippen molar-refractivity contribution in [1.82, 2.24) is 4.68 Å². The predicted octanol–water partition coefficient (Wildman–Crippen LogP) is 4.93. The first-order chi connectivity index (χ1) is 12.2. The standard InChI is InChI=1S/C19H21N3O2S/c1-14(2)9-10-20-22-17(18-8-5-11-24-18)13-25-19(22)21-15-6-4-7-16(12-15)23-3/h4-8,10-14H,9H2,1-3H3. The number of hydrogen-bond donors (Lipinski definition) is 0. The van der Waals surface area contributed by atoms with Crippen LogP contribution in [0.4, 0.5) is 5.69 Å². The van der Waals surface area contributed by atoms with Crippen LogP contribution in [0.15, 0.2) is 62.6 Å². The molecule has 0 unspecified atom stereocenters. The van der Waals surface area contributed by atoms with E-state index in [-0.39, 0.29) is 0 Å². The van der Waals surface area contributed by atoms with E-state index in [1.165, 1.54) is 11.3 Å². The molecular formula is C19H21N3O2S. The van der Waals surface area contributed by atoms with Gasteiger partial charge in [0.15, 0.2) is 5.76 Å². The van der Waals surface area contributed by atoms with Gasteiger partial charge in [-0.05, 0) is 36.6 Å². The van der Waals surface area contributed by atoms with Gasteiger partial charge in [-0.25, -0.2) is 9.67 Å². The third-order valence-corrected chi connectivity index (χ3v) is 4.33. The monoisotopic (exact) mass is 355 g/mol. The second kappa shape index (κ2) is 7.98. The molecule has 0 aliphatic rings. The van der Waals surface area contributed by atoms with Crippen molar-refractivity contribution in [2.24, 2.45) is 16.0 Å². The van der Waals surface area contributed by atoms with Gasteiger partial charge < -0.3 is 9.15 Å². The molecule has 2 heterocycles. The number of methoxy groups -OCH3 is 1. The van der Waals surface area contributed by atoms with E-state index in [1.807, 2.05) is 52.7 Å². The molecule has 130 valence electrons. The normalized spacial score (nSPS) is 12.4. The Kier molecular flexibility index (Phi) is 5.50. The van der Waals surface area contributed by atoms with Gasteiger partial charge in [0.05, 0.1) is 19.1 Å². The largest absolute Gasteiger partial charge is 0.497 e. The van der Waals surface area contributed by atoms with E-state index < -0.39 is 0 Å². The first kappa shape index (κ1) is 17.2. The highest BCUT2D eigenvalue weighted by Crippen LogP contribution is 2.22. The van der Waals surface area contributed by atoms with Crippen molar-refractivity contribution in [2.75, 3.05) is 7.11 Å². The Morgan fingerprint density at radius 3 is 2.88 bits per heavy atom. The Morgan fingerprint density at radius 1 is 1.28 bits per heavy atom. The number of aromatic nitrogens is 1. The molecule has 3 aromatic rings. The zero-order chi connectivity index (χ0) is 17.6. The highest BCUT2D eigenvalue weighted by atomic mass is 32.1. The van der Waals surface area contributed by atoms with Crippen LogP contribution in [0.1, 0.15) is 20.3 Å². The lowest BCUT2D eigenvalue weighted by molar-refractivity contribution is 0.415. The lowest BCUT2D eigenvalue weighted by Crippen LogP contribution is -2.11. The second-order valence-electron chi connectivity index (χ2n) is 5.93. The molecule has 25 heavy (non-hydrogen) atoms. The van der Waals surface area contributed by atoms with Gasteiger partial charge in [-0.2, -0.15) is 5.10 Å². The van der Waals surface area contributed by atoms with Crippen molar-refractivity contribution in [1.29, 1.82) is 0 Å². The van der Waals surface area contributed by atoms with Crippen LogP contribution in [0.2, 0.25) is 0 Å². The quantitative estimate of drug-likeness (QED) is 0.589. The van der Waals surface area contributed by atoms with Gasteiger partial charge in [0.25, 0.3) is 0 Å². The van der Waals surface area contributed by atoms with Crippen molar-refractivity contribution in [3.63, 3.8) is 0 Å². The SMILES string of the molecule is COc1cccc(N=c2scc(-c3ccco3)n2N=CCC(C)C)c1. The first-order valence-corrected chi connectivity index (χ1v) is 9.01. The van der Waals surface area contributed by atoms with Gasteiger partial charge in [0, 0.05) is 17.7 Å². The van der Waals surface area contributed by atoms with Crippen molar-refractivity contribution in [3.8, 4) is 17.2 Å². The first-order valence-electron chi connectivity index (χ1n) is 8.13. The summed E-state index contributed by atoms with van der Waals surface area (Å²) >= 11 is 1.52. The molecular weight excluding hydrogens is 334 g/mol. The number of ether oxygens (including phenoxy) is 1. The van der Waals surface area contributed by atoms with E-state index in [0.717, 1.165) is 34.1 Å². The van der Waals surface area contributed by atoms with Crippen LogP contribution in [0.25, 0.3) is 11.5 Å². The van der Waals surface area contributed by atoms with Crippen LogP contribution < -0.4 is 9.54 Å². The molecule has 0 spiro atoms. The van der Waals surface area contributed by atoms with Gasteiger partial charge in [0.1, 0.15) is 11.4 Å². The summed E-state index contributed by atoms with van der Waals surface area (Å²) in [6, 6.07) is 11.5. The van der Waals surface area contributed by atoms with Crippen LogP contribution in [0.3, 0.4) is 0 Å². The summed E-state index contributed by atoms with van der Waals surface area (Å²) < 4.78 is 12.6. The minimum absolute atomic E-state index is 0.550. The average Bonchev–Trinajstić information content (AvgIpc) is 3.25. The van der Waals surface area contributed by atoms with Crippen LogP contribution in [-0.4, -0.2) is 18.0 Å². The second-order valence-corrected chi connectivity index (χ2v) is 6.77. The van der Waals surface area contributed by atoms with Gasteiger partial charge >= 0.3 is 0 Å². The maximum absolute atomic E-state index is 5.54. The number of benzene rings is 1. The fourth-order valence-electron chi connectivity index (χ4n) is 2.21. The lowest BCUT2D eigenvalue weighted by atomic mass is 10.2. The van der Waals surface area contributed by atoms with Crippen molar-refractivity contribution in [2.45, 2.75) is 20.3 Å². The van der Waals surface area contributed by atoms with Gasteiger partial charge in [0.2, 0.25) is 4.80 Å². The molecule has 0 aliphatic heterocycles. The molecule has 0 atom stereocenters. The summed E-state index contributed by atoms with van der Waals surface area (Å²) in [5.74, 6) is 2.10. The molecule has 0 saturated carbocycles. The lowest BCUT2D eigenvalue weighted by Gasteiger charge is -2.02. The number of hydrogen-bond acceptors (Lipinski definition) is 5. The summed E-state index contributed by atoms with van der Waals surface area (Å²) in [7, 11) is 1.65. The Morgan fingerprint density at radius 2 is 2.16 bits per heavy atom. The minimum Gasteiger partial charge on any atom is -0.497 e. The van der Waals surface area contributed by atoms with E-state index in [0.29, 0.717) is 5.92 Å². The summed E-state index contributed by atoms with van der Waals surface area (Å²) in [6.45, 7) is 4.33. The molecule has 0 bridgehead atoms. The van der Waals surface area contributed by atoms with Gasteiger partial charge in [-0.15, -0.1) is 11.3 Å². The molecule has 1 aromatic carbocycles. The molecule has 2 aromatic heterocycles. The van der Waals surface area contributed by atoms with Crippen molar-refractivity contribution in [3.05, 3.63) is 52.8 Å². The molecule has 0 saturated heterocycles. The topological polar surface area (TPSA) is 52.0 Å². The number of furan rings is 1. The summed E-state index contributed by atoms with van der Waals surface area (Å²) in [6.07, 6.45) is 4.49. The zero-order valence-electron chi connectivity index (χ0n) is 14.5. The van der Waals surface area contributed by atoms with E-state index in [2.05, 4.69) is 18.9 Å². The highest BCUT2D eigenvalue weighted by molar-refractivity contribution is 7.07. The molecule has 6 heteroatoms. The molecule has 0 fully saturated rings. The smallest absolute Gasteiger partial charge is 0.211 e. The fourth-order valence-corrected chi connectivity index (χ4v) is 3.05. The summed E-state index contributed by atoms with van der Waals surface area (Å²) in [5, 5.41) is 6.62. The molecule has 0 aliphatic carbocycles. The third-order valence-electron chi connectivity index (χ3n) is 3.51. The summed E-state index contributed by atoms with van der Waals surface area (Å²) in [5.41, 5.74) is 1.71. The van der Waals surface area contributed by atoms with Crippen LogP contribution >= 0.6 is 11.3 Å².